The zero-order valence-electron chi connectivity index (χ0n) is 16.1. The number of fused-ring (bicyclic) bond motifs is 1. The zero-order chi connectivity index (χ0) is 21.5. The third kappa shape index (κ3) is 4.20. The number of aryl methyl sites for hydroxylation is 1. The van der Waals surface area contributed by atoms with E-state index >= 15 is 0 Å². The SMILES string of the molecule is Cc1nc2ccc(NC(=O)C3CCN(S(=O)(=O)c4c(Cl)cccc4Cl)CC3)cc2s1. The number of aromatic nitrogens is 1. The smallest absolute Gasteiger partial charge is 0.246 e. The van der Waals surface area contributed by atoms with E-state index in [1.807, 2.05) is 25.1 Å². The second-order valence-corrected chi connectivity index (χ2v) is 11.1. The summed E-state index contributed by atoms with van der Waals surface area (Å²) >= 11 is 13.8. The van der Waals surface area contributed by atoms with E-state index < -0.39 is 10.0 Å². The standard InChI is InChI=1S/C20H19Cl2N3O3S2/c1-12-23-17-6-5-14(11-18(17)29-12)24-20(26)13-7-9-25(10-8-13)30(27,28)19-15(21)3-2-4-16(19)22/h2-6,11,13H,7-10H2,1H3,(H,24,26). The van der Waals surface area contributed by atoms with Gasteiger partial charge in [-0.25, -0.2) is 13.4 Å². The molecule has 0 unspecified atom stereocenters. The lowest BCUT2D eigenvalue weighted by Crippen LogP contribution is -2.41. The van der Waals surface area contributed by atoms with Crippen molar-refractivity contribution in [2.75, 3.05) is 18.4 Å². The largest absolute Gasteiger partial charge is 0.326 e. The van der Waals surface area contributed by atoms with E-state index in [0.717, 1.165) is 15.2 Å². The summed E-state index contributed by atoms with van der Waals surface area (Å²) in [5.41, 5.74) is 1.63. The molecular formula is C20H19Cl2N3O3S2. The summed E-state index contributed by atoms with van der Waals surface area (Å²) in [6.07, 6.45) is 0.851. The second kappa shape index (κ2) is 8.43. The van der Waals surface area contributed by atoms with Crippen molar-refractivity contribution in [3.63, 3.8) is 0 Å². The highest BCUT2D eigenvalue weighted by molar-refractivity contribution is 7.89. The molecule has 0 aliphatic carbocycles. The van der Waals surface area contributed by atoms with E-state index in [9.17, 15) is 13.2 Å². The van der Waals surface area contributed by atoms with E-state index in [1.54, 1.807) is 17.4 Å². The third-order valence-electron chi connectivity index (χ3n) is 5.10. The average Bonchev–Trinajstić information content (AvgIpc) is 3.07. The minimum Gasteiger partial charge on any atom is -0.326 e. The molecule has 1 amide bonds. The van der Waals surface area contributed by atoms with Gasteiger partial charge in [-0.1, -0.05) is 29.3 Å². The van der Waals surface area contributed by atoms with Gasteiger partial charge in [0.05, 0.1) is 25.3 Å². The van der Waals surface area contributed by atoms with Crippen LogP contribution in [0.5, 0.6) is 0 Å². The van der Waals surface area contributed by atoms with Crippen molar-refractivity contribution < 1.29 is 13.2 Å². The van der Waals surface area contributed by atoms with E-state index in [4.69, 9.17) is 23.2 Å². The minimum absolute atomic E-state index is 0.0793. The average molecular weight is 484 g/mol. The van der Waals surface area contributed by atoms with Crippen molar-refractivity contribution in [1.82, 2.24) is 9.29 Å². The molecule has 0 bridgehead atoms. The monoisotopic (exact) mass is 483 g/mol. The molecule has 1 aliphatic heterocycles. The molecule has 1 aliphatic rings. The molecule has 1 N–H and O–H groups in total. The highest BCUT2D eigenvalue weighted by atomic mass is 35.5. The maximum absolute atomic E-state index is 13.0. The van der Waals surface area contributed by atoms with Crippen LogP contribution >= 0.6 is 34.5 Å². The van der Waals surface area contributed by atoms with Crippen molar-refractivity contribution in [2.24, 2.45) is 5.92 Å². The second-order valence-electron chi connectivity index (χ2n) is 7.13. The predicted molar refractivity (Wildman–Crippen MR) is 121 cm³/mol. The number of rotatable bonds is 4. The number of halogens is 2. The Kier molecular flexibility index (Phi) is 6.05. The molecule has 1 aromatic heterocycles. The van der Waals surface area contributed by atoms with Gasteiger partial charge in [0.2, 0.25) is 15.9 Å². The maximum Gasteiger partial charge on any atom is 0.246 e. The number of nitrogens with zero attached hydrogens (tertiary/aromatic N) is 2. The van der Waals surface area contributed by atoms with Gasteiger partial charge in [0.25, 0.3) is 0 Å². The number of piperidine rings is 1. The first kappa shape index (κ1) is 21.5. The highest BCUT2D eigenvalue weighted by Crippen LogP contribution is 2.33. The fourth-order valence-corrected chi connectivity index (χ4v) is 7.01. The zero-order valence-corrected chi connectivity index (χ0v) is 19.2. The number of benzene rings is 2. The lowest BCUT2D eigenvalue weighted by molar-refractivity contribution is -0.120. The van der Waals surface area contributed by atoms with E-state index in [-0.39, 0.29) is 39.9 Å². The van der Waals surface area contributed by atoms with Gasteiger partial charge in [-0.15, -0.1) is 11.3 Å². The summed E-state index contributed by atoms with van der Waals surface area (Å²) in [5.74, 6) is -0.375. The van der Waals surface area contributed by atoms with Gasteiger partial charge in [0.15, 0.2) is 0 Å². The fourth-order valence-electron chi connectivity index (χ4n) is 3.58. The quantitative estimate of drug-likeness (QED) is 0.568. The van der Waals surface area contributed by atoms with Crippen molar-refractivity contribution in [3.05, 3.63) is 51.5 Å². The molecule has 2 aromatic carbocycles. The van der Waals surface area contributed by atoms with Crippen LogP contribution in [0.3, 0.4) is 0 Å². The first-order valence-electron chi connectivity index (χ1n) is 9.38. The molecule has 158 valence electrons. The van der Waals surface area contributed by atoms with Crippen LogP contribution in [-0.2, 0) is 14.8 Å². The molecule has 0 saturated carbocycles. The topological polar surface area (TPSA) is 79.4 Å². The molecule has 6 nitrogen and oxygen atoms in total. The first-order chi connectivity index (χ1) is 14.3. The number of amides is 1. The minimum atomic E-state index is -3.82. The van der Waals surface area contributed by atoms with E-state index in [2.05, 4.69) is 10.3 Å². The predicted octanol–water partition coefficient (Wildman–Crippen LogP) is 4.95. The Morgan fingerprint density at radius 3 is 2.50 bits per heavy atom. The molecule has 1 saturated heterocycles. The van der Waals surface area contributed by atoms with Crippen LogP contribution in [0.25, 0.3) is 10.2 Å². The molecule has 0 radical (unpaired) electrons. The summed E-state index contributed by atoms with van der Waals surface area (Å²) in [4.78, 5) is 17.0. The Morgan fingerprint density at radius 2 is 1.83 bits per heavy atom. The molecule has 1 fully saturated rings. The highest BCUT2D eigenvalue weighted by Gasteiger charge is 2.34. The van der Waals surface area contributed by atoms with Gasteiger partial charge in [-0.3, -0.25) is 4.79 Å². The van der Waals surface area contributed by atoms with Gasteiger partial charge in [0.1, 0.15) is 4.90 Å². The number of nitrogens with one attached hydrogen (secondary N) is 1. The number of carbonyl (C=O) groups is 1. The van der Waals surface area contributed by atoms with E-state index in [0.29, 0.717) is 18.5 Å². The van der Waals surface area contributed by atoms with Crippen LogP contribution in [0.15, 0.2) is 41.3 Å². The van der Waals surface area contributed by atoms with Crippen LogP contribution in [0.4, 0.5) is 5.69 Å². The molecule has 10 heteroatoms. The Hall–Kier alpha value is -1.71. The molecular weight excluding hydrogens is 465 g/mol. The Labute approximate surface area is 188 Å². The summed E-state index contributed by atoms with van der Waals surface area (Å²) in [7, 11) is -3.82. The molecule has 0 atom stereocenters. The number of anilines is 1. The first-order valence-corrected chi connectivity index (χ1v) is 12.4. The Morgan fingerprint density at radius 1 is 1.17 bits per heavy atom. The number of hydrogen-bond donors (Lipinski definition) is 1. The van der Waals surface area contributed by atoms with Crippen LogP contribution in [0.2, 0.25) is 10.0 Å². The van der Waals surface area contributed by atoms with Crippen LogP contribution < -0.4 is 5.32 Å². The fraction of sp³-hybridized carbons (Fsp3) is 0.300. The van der Waals surface area contributed by atoms with Gasteiger partial charge in [0, 0.05) is 24.7 Å². The van der Waals surface area contributed by atoms with Crippen molar-refractivity contribution in [2.45, 2.75) is 24.7 Å². The van der Waals surface area contributed by atoms with Gasteiger partial charge in [-0.05, 0) is 50.1 Å². The summed E-state index contributed by atoms with van der Waals surface area (Å²) in [6, 6.07) is 10.2. The normalized spacial score (nSPS) is 16.1. The van der Waals surface area contributed by atoms with Gasteiger partial charge < -0.3 is 5.32 Å². The van der Waals surface area contributed by atoms with Crippen molar-refractivity contribution >= 4 is 66.4 Å². The third-order valence-corrected chi connectivity index (χ3v) is 8.89. The molecule has 30 heavy (non-hydrogen) atoms. The van der Waals surface area contributed by atoms with Crippen molar-refractivity contribution in [1.29, 1.82) is 0 Å². The van der Waals surface area contributed by atoms with Crippen LogP contribution in [-0.4, -0.2) is 36.7 Å². The lowest BCUT2D eigenvalue weighted by Gasteiger charge is -2.31. The number of carbonyl (C=O) groups excluding carboxylic acids is 1. The molecule has 3 aromatic rings. The summed E-state index contributed by atoms with van der Waals surface area (Å²) in [6.45, 7) is 2.41. The van der Waals surface area contributed by atoms with Crippen LogP contribution in [0, 0.1) is 12.8 Å². The number of thiazole rings is 1. The molecule has 0 spiro atoms. The van der Waals surface area contributed by atoms with Crippen molar-refractivity contribution in [3.8, 4) is 0 Å². The Bertz CT molecular complexity index is 1200. The van der Waals surface area contributed by atoms with E-state index in [1.165, 1.54) is 16.4 Å². The maximum atomic E-state index is 13.0. The summed E-state index contributed by atoms with van der Waals surface area (Å²) < 4.78 is 28.3. The molecule has 2 heterocycles. The Balaban J connectivity index is 1.42. The molecule has 4 rings (SSSR count). The van der Waals surface area contributed by atoms with Gasteiger partial charge >= 0.3 is 0 Å². The lowest BCUT2D eigenvalue weighted by atomic mass is 9.97. The van der Waals surface area contributed by atoms with Crippen LogP contribution in [0.1, 0.15) is 17.8 Å². The number of hydrogen-bond acceptors (Lipinski definition) is 5. The summed E-state index contributed by atoms with van der Waals surface area (Å²) in [5, 5.41) is 4.11. The number of sulfonamides is 1. The van der Waals surface area contributed by atoms with Gasteiger partial charge in [-0.2, -0.15) is 4.31 Å².